The van der Waals surface area contributed by atoms with Crippen molar-refractivity contribution < 1.29 is 4.42 Å². The molecule has 25 rings (SSSR count). The number of aromatic nitrogens is 6. The highest BCUT2D eigenvalue weighted by Gasteiger charge is 2.50. The average molecular weight is 1730 g/mol. The van der Waals surface area contributed by atoms with Gasteiger partial charge < -0.3 is 14.2 Å². The summed E-state index contributed by atoms with van der Waals surface area (Å²) in [5, 5.41) is 4.21. The first-order valence-electron chi connectivity index (χ1n) is 45.9. The van der Waals surface area contributed by atoms with Gasteiger partial charge in [-0.05, 0) is 192 Å². The van der Waals surface area contributed by atoms with E-state index in [2.05, 4.69) is 402 Å². The van der Waals surface area contributed by atoms with Crippen molar-refractivity contribution in [2.24, 2.45) is 5.92 Å². The summed E-state index contributed by atoms with van der Waals surface area (Å²) in [5.41, 5.74) is 34.2. The second-order valence-corrected chi connectivity index (χ2v) is 38.1. The van der Waals surface area contributed by atoms with E-state index >= 15 is 0 Å². The van der Waals surface area contributed by atoms with Crippen LogP contribution in [0, 0.1) is 5.92 Å². The maximum Gasteiger partial charge on any atom is 0.164 e. The van der Waals surface area contributed by atoms with Crippen LogP contribution in [-0.4, -0.2) is 29.9 Å². The van der Waals surface area contributed by atoms with Crippen molar-refractivity contribution in [3.05, 3.63) is 463 Å². The molecule has 0 spiro atoms. The number of rotatable bonds is 17. The molecule has 0 fully saturated rings. The summed E-state index contributed by atoms with van der Waals surface area (Å²) in [6.45, 7) is 12.0. The van der Waals surface area contributed by atoms with E-state index in [9.17, 15) is 0 Å². The fourth-order valence-electron chi connectivity index (χ4n) is 22.1. The van der Waals surface area contributed by atoms with Crippen LogP contribution in [0.15, 0.2) is 429 Å². The molecule has 3 atom stereocenters. The lowest BCUT2D eigenvalue weighted by molar-refractivity contribution is 0.385. The molecule has 10 heteroatoms. The molecule has 0 N–H and O–H groups in total. The minimum absolute atomic E-state index is 0.0613. The molecule has 4 heterocycles. The Morgan fingerprint density at radius 1 is 0.308 bits per heavy atom. The van der Waals surface area contributed by atoms with Crippen molar-refractivity contribution in [3.63, 3.8) is 0 Å². The van der Waals surface area contributed by atoms with Crippen molar-refractivity contribution in [2.45, 2.75) is 63.2 Å². The molecule has 0 bridgehead atoms. The zero-order chi connectivity index (χ0) is 88.8. The standard InChI is InChI=1S/C123H88N8OS/c1-121(2)97-42-21-18-37-90(97)112-100(121)45-26-49-104(112)131(105-50-27-46-101-113(105)91-38-19-22-43-98(91)122(101,3)4)89-69-61-79(62-70-89)85-63-71-106-95(73-85)110-93(40-24-51-107(110)132-106)119-126-117(83-35-16-9-17-36-83)125-118(129-119)84-55-53-76(54-56-84)75-123(5)99-44-23-20-39-92(99)114-102(123)47-28-48-103(114)130(87-65-57-78(58-66-87)77-29-10-6-11-30-77)88-67-59-80(60-68-88)86-64-72-108-96(74-86)111-94(41-25-52-109(111)133-108)120-127-115(81-31-12-7-13-32-81)124-116(128-120)82-33-14-8-15-34-82/h6-74,100,112H,75H2,1-5H3. The Bertz CT molecular complexity index is 8230. The Morgan fingerprint density at radius 2 is 0.729 bits per heavy atom. The molecular weight excluding hydrogens is 1640 g/mol. The first-order valence-corrected chi connectivity index (χ1v) is 46.7. The minimum Gasteiger partial charge on any atom is -0.456 e. The lowest BCUT2D eigenvalue weighted by Crippen LogP contribution is -2.31. The van der Waals surface area contributed by atoms with Crippen molar-refractivity contribution in [1.82, 2.24) is 29.9 Å². The van der Waals surface area contributed by atoms with Gasteiger partial charge in [0.25, 0.3) is 0 Å². The second-order valence-electron chi connectivity index (χ2n) is 37.0. The quantitative estimate of drug-likeness (QED) is 0.0883. The Labute approximate surface area is 776 Å². The molecule has 0 amide bonds. The lowest BCUT2D eigenvalue weighted by atomic mass is 9.73. The maximum atomic E-state index is 6.82. The molecule has 21 aromatic rings. The average Bonchev–Trinajstić information content (AvgIpc) is 1.55. The monoisotopic (exact) mass is 1720 g/mol. The molecule has 17 aromatic carbocycles. The summed E-state index contributed by atoms with van der Waals surface area (Å²) < 4.78 is 9.19. The highest BCUT2D eigenvalue weighted by molar-refractivity contribution is 7.26. The van der Waals surface area contributed by atoms with Gasteiger partial charge in [-0.3, -0.25) is 0 Å². The van der Waals surface area contributed by atoms with Gasteiger partial charge in [-0.1, -0.05) is 362 Å². The van der Waals surface area contributed by atoms with Gasteiger partial charge in [-0.25, -0.2) is 29.9 Å². The molecule has 0 saturated heterocycles. The topological polar surface area (TPSA) is 97.0 Å². The summed E-state index contributed by atoms with van der Waals surface area (Å²) in [6.07, 6.45) is 7.87. The van der Waals surface area contributed by atoms with Gasteiger partial charge in [0.1, 0.15) is 11.2 Å². The van der Waals surface area contributed by atoms with E-state index in [0.717, 1.165) is 123 Å². The molecule has 0 aliphatic heterocycles. The van der Waals surface area contributed by atoms with Crippen LogP contribution in [0.25, 0.3) is 166 Å². The Kier molecular flexibility index (Phi) is 18.6. The Morgan fingerprint density at radius 3 is 1.33 bits per heavy atom. The first-order chi connectivity index (χ1) is 65.3. The van der Waals surface area contributed by atoms with Crippen molar-refractivity contribution >= 4 is 81.9 Å². The van der Waals surface area contributed by atoms with Crippen LogP contribution in [0.2, 0.25) is 0 Å². The molecule has 9 nitrogen and oxygen atoms in total. The molecule has 632 valence electrons. The zero-order valence-electron chi connectivity index (χ0n) is 74.1. The number of nitrogens with zero attached hydrogens (tertiary/aromatic N) is 8. The normalized spacial score (nSPS) is 15.8. The van der Waals surface area contributed by atoms with Gasteiger partial charge in [0.15, 0.2) is 34.9 Å². The van der Waals surface area contributed by atoms with Crippen molar-refractivity contribution in [2.75, 3.05) is 9.80 Å². The zero-order valence-corrected chi connectivity index (χ0v) is 74.9. The van der Waals surface area contributed by atoms with Gasteiger partial charge >= 0.3 is 0 Å². The van der Waals surface area contributed by atoms with Gasteiger partial charge in [0, 0.05) is 115 Å². The van der Waals surface area contributed by atoms with Crippen LogP contribution < -0.4 is 9.80 Å². The van der Waals surface area contributed by atoms with E-state index in [1.54, 1.807) is 11.3 Å². The van der Waals surface area contributed by atoms with E-state index in [1.165, 1.54) is 87.5 Å². The van der Waals surface area contributed by atoms with E-state index < -0.39 is 5.41 Å². The second kappa shape index (κ2) is 31.3. The van der Waals surface area contributed by atoms with Crippen molar-refractivity contribution in [1.29, 1.82) is 0 Å². The Balaban J connectivity index is 0.545. The largest absolute Gasteiger partial charge is 0.456 e. The summed E-state index contributed by atoms with van der Waals surface area (Å²) >= 11 is 1.79. The number of hydrogen-bond donors (Lipinski definition) is 0. The van der Waals surface area contributed by atoms with E-state index in [-0.39, 0.29) is 22.7 Å². The molecule has 3 unspecified atom stereocenters. The molecule has 4 aliphatic rings. The predicted molar refractivity (Wildman–Crippen MR) is 548 cm³/mol. The summed E-state index contributed by atoms with van der Waals surface area (Å²) in [7, 11) is 0. The van der Waals surface area contributed by atoms with Crippen molar-refractivity contribution in [3.8, 4) is 124 Å². The van der Waals surface area contributed by atoms with Crippen LogP contribution in [0.1, 0.15) is 79.5 Å². The highest BCUT2D eigenvalue weighted by atomic mass is 32.1. The number of anilines is 5. The van der Waals surface area contributed by atoms with Crippen LogP contribution in [0.5, 0.6) is 0 Å². The van der Waals surface area contributed by atoms with Crippen LogP contribution in [0.3, 0.4) is 0 Å². The summed E-state index contributed by atoms with van der Waals surface area (Å²) in [4.78, 5) is 36.7. The number of hydrogen-bond acceptors (Lipinski definition) is 10. The number of allylic oxidation sites excluding steroid dienone is 4. The number of benzene rings is 17. The third-order valence-corrected chi connectivity index (χ3v) is 29.7. The fraction of sp³-hybridized carbons (Fsp3) is 0.0894. The molecule has 0 radical (unpaired) electrons. The third-order valence-electron chi connectivity index (χ3n) is 28.6. The van der Waals surface area contributed by atoms with E-state index in [4.69, 9.17) is 34.3 Å². The summed E-state index contributed by atoms with van der Waals surface area (Å²) in [5.74, 6) is 4.06. The minimum atomic E-state index is -0.431. The predicted octanol–water partition coefficient (Wildman–Crippen LogP) is 31.9. The van der Waals surface area contributed by atoms with Crippen LogP contribution in [0.4, 0.5) is 28.4 Å². The van der Waals surface area contributed by atoms with Gasteiger partial charge in [0.2, 0.25) is 0 Å². The van der Waals surface area contributed by atoms with Crippen LogP contribution in [-0.2, 0) is 22.7 Å². The molecule has 4 aliphatic carbocycles. The SMILES string of the molecule is CC1(C)c2ccccc2-c2c(N(C3=CC=CC4C3c3ccccc3C4(C)C)c3ccc(-c4ccc5oc6cccc(-c7nc(-c8ccccc8)nc(-c8ccc(CC9(C)c%10ccccc%10-c%10c(N(c%11ccc(-c%12ccccc%12)cc%11)c%11ccc(-c%12ccc%13sc%14cccc(-c%15nc(-c%16ccccc%16)nc(-c%16ccccc%16)n%15)c%14c%13c%12)cc%11)cccc%109)cc8)n7)c6c5c4)cc3)cccc21. The molecule has 0 saturated carbocycles. The smallest absolute Gasteiger partial charge is 0.164 e. The third kappa shape index (κ3) is 13.2. The van der Waals surface area contributed by atoms with Gasteiger partial charge in [-0.2, -0.15) is 0 Å². The summed E-state index contributed by atoms with van der Waals surface area (Å²) in [6, 6.07) is 145. The molecule has 133 heavy (non-hydrogen) atoms. The lowest BCUT2D eigenvalue weighted by Gasteiger charge is -2.38. The van der Waals surface area contributed by atoms with Gasteiger partial charge in [-0.15, -0.1) is 11.3 Å². The molecule has 4 aromatic heterocycles. The highest BCUT2D eigenvalue weighted by Crippen LogP contribution is 2.61. The van der Waals surface area contributed by atoms with E-state index in [1.807, 2.05) is 60.7 Å². The van der Waals surface area contributed by atoms with Crippen LogP contribution >= 0.6 is 11.3 Å². The Hall–Kier alpha value is -16.1. The fourth-order valence-corrected chi connectivity index (χ4v) is 23.2. The number of thiophene rings is 1. The first kappa shape index (κ1) is 79.1. The number of fused-ring (bicyclic) bond motifs is 15. The number of furan rings is 1. The van der Waals surface area contributed by atoms with E-state index in [0.29, 0.717) is 34.9 Å². The molecular formula is C123H88N8OS. The van der Waals surface area contributed by atoms with Gasteiger partial charge in [0.05, 0.1) is 11.4 Å². The maximum absolute atomic E-state index is 6.82.